The number of alkyl halides is 2. The molecular formula is C9H5F4P. The Morgan fingerprint density at radius 1 is 1.21 bits per heavy atom. The largest absolute Gasteiger partial charge is 0.281 e. The highest BCUT2D eigenvalue weighted by Gasteiger charge is 2.43. The van der Waals surface area contributed by atoms with E-state index < -0.39 is 29.3 Å². The van der Waals surface area contributed by atoms with E-state index in [0.29, 0.717) is 6.07 Å². The highest BCUT2D eigenvalue weighted by molar-refractivity contribution is 7.22. The second-order valence-corrected chi connectivity index (χ2v) is 3.68. The van der Waals surface area contributed by atoms with Crippen molar-refractivity contribution in [2.24, 2.45) is 0 Å². The molecule has 2 rings (SSSR count). The monoisotopic (exact) mass is 220 g/mol. The molecule has 0 saturated heterocycles. The number of halogens is 4. The Bertz CT molecular complexity index is 425. The highest BCUT2D eigenvalue weighted by Crippen LogP contribution is 2.37. The quantitative estimate of drug-likeness (QED) is 0.465. The van der Waals surface area contributed by atoms with Gasteiger partial charge in [-0.3, -0.25) is 0 Å². The Balaban J connectivity index is 2.66. The normalized spacial score (nSPS) is 18.4. The Hall–Kier alpha value is -0.890. The van der Waals surface area contributed by atoms with E-state index in [1.807, 2.05) is 0 Å². The Labute approximate surface area is 79.8 Å². The number of rotatable bonds is 0. The third-order valence-corrected chi connectivity index (χ3v) is 2.78. The maximum atomic E-state index is 13.1. The van der Waals surface area contributed by atoms with Gasteiger partial charge in [-0.25, -0.2) is 17.6 Å². The number of benzene rings is 1. The molecule has 1 aromatic carbocycles. The minimum atomic E-state index is -3.13. The Morgan fingerprint density at radius 2 is 1.86 bits per heavy atom. The van der Waals surface area contributed by atoms with Crippen molar-refractivity contribution in [1.29, 1.82) is 0 Å². The summed E-state index contributed by atoms with van der Waals surface area (Å²) >= 11 is 0. The van der Waals surface area contributed by atoms with Gasteiger partial charge in [0.05, 0.1) is 5.29 Å². The molecule has 0 radical (unpaired) electrons. The van der Waals surface area contributed by atoms with Crippen LogP contribution in [0.4, 0.5) is 17.6 Å². The molecule has 0 nitrogen and oxygen atoms in total. The predicted octanol–water partition coefficient (Wildman–Crippen LogP) is 2.82. The van der Waals surface area contributed by atoms with Crippen LogP contribution in [0.1, 0.15) is 11.1 Å². The van der Waals surface area contributed by atoms with Gasteiger partial charge >= 0.3 is 0 Å². The van der Waals surface area contributed by atoms with E-state index in [4.69, 9.17) is 0 Å². The summed E-state index contributed by atoms with van der Waals surface area (Å²) in [5.41, 5.74) is -0.217. The molecule has 0 spiro atoms. The van der Waals surface area contributed by atoms with E-state index in [9.17, 15) is 17.6 Å². The molecule has 0 fully saturated rings. The lowest BCUT2D eigenvalue weighted by atomic mass is 10.1. The van der Waals surface area contributed by atoms with Gasteiger partial charge in [0.25, 0.3) is 5.92 Å². The summed E-state index contributed by atoms with van der Waals surface area (Å²) < 4.78 is 51.9. The summed E-state index contributed by atoms with van der Waals surface area (Å²) in [6.45, 7) is 0. The summed E-state index contributed by atoms with van der Waals surface area (Å²) in [6, 6.07) is 1.53. The first kappa shape index (κ1) is 9.66. The summed E-state index contributed by atoms with van der Waals surface area (Å²) in [6.07, 6.45) is -0.657. The molecule has 74 valence electrons. The number of fused-ring (bicyclic) bond motifs is 1. The molecule has 1 aliphatic rings. The van der Waals surface area contributed by atoms with E-state index in [0.717, 1.165) is 6.07 Å². The Morgan fingerprint density at radius 3 is 2.50 bits per heavy atom. The molecule has 0 N–H and O–H groups in total. The van der Waals surface area contributed by atoms with Gasteiger partial charge in [-0.2, -0.15) is 0 Å². The van der Waals surface area contributed by atoms with Crippen molar-refractivity contribution in [2.75, 3.05) is 0 Å². The van der Waals surface area contributed by atoms with Crippen molar-refractivity contribution < 1.29 is 17.6 Å². The minimum absolute atomic E-state index is 0.00231. The summed E-state index contributed by atoms with van der Waals surface area (Å²) in [5.74, 6) is -4.92. The molecule has 0 saturated carbocycles. The van der Waals surface area contributed by atoms with Crippen LogP contribution >= 0.6 is 8.86 Å². The van der Waals surface area contributed by atoms with E-state index in [-0.39, 0.29) is 11.1 Å². The standard InChI is InChI=1S/C9H5F4P/c10-5-1-4-3-9(12,13)8(14)7(4)6(11)2-5/h1-2,14H,3H2. The molecular weight excluding hydrogens is 215 g/mol. The van der Waals surface area contributed by atoms with Crippen molar-refractivity contribution in [3.63, 3.8) is 0 Å². The fraction of sp³-hybridized carbons (Fsp3) is 0.222. The fourth-order valence-electron chi connectivity index (χ4n) is 1.56. The zero-order valence-electron chi connectivity index (χ0n) is 6.87. The van der Waals surface area contributed by atoms with Crippen molar-refractivity contribution in [3.05, 3.63) is 34.9 Å². The van der Waals surface area contributed by atoms with E-state index in [1.54, 1.807) is 0 Å². The second kappa shape index (κ2) is 2.80. The van der Waals surface area contributed by atoms with Crippen LogP contribution in [-0.4, -0.2) is 11.2 Å². The van der Waals surface area contributed by atoms with Crippen LogP contribution in [0.2, 0.25) is 0 Å². The molecule has 0 heterocycles. The van der Waals surface area contributed by atoms with Gasteiger partial charge in [-0.1, -0.05) is 0 Å². The number of hydrogen-bond acceptors (Lipinski definition) is 0. The maximum Gasteiger partial charge on any atom is 0.281 e. The molecule has 0 amide bonds. The lowest BCUT2D eigenvalue weighted by molar-refractivity contribution is 0.0875. The zero-order valence-corrected chi connectivity index (χ0v) is 7.87. The summed E-state index contributed by atoms with van der Waals surface area (Å²) in [7, 11) is 2.69. The molecule has 1 aliphatic carbocycles. The van der Waals surface area contributed by atoms with Gasteiger partial charge in [-0.05, 0) is 11.6 Å². The van der Waals surface area contributed by atoms with Gasteiger partial charge in [0.2, 0.25) is 0 Å². The number of hydrogen-bond donors (Lipinski definition) is 0. The fourth-order valence-corrected chi connectivity index (χ4v) is 1.93. The van der Waals surface area contributed by atoms with Crippen molar-refractivity contribution in [2.45, 2.75) is 12.3 Å². The average Bonchev–Trinajstić information content (AvgIpc) is 2.21. The zero-order chi connectivity index (χ0) is 10.5. The molecule has 0 atom stereocenters. The smallest absolute Gasteiger partial charge is 0.207 e. The van der Waals surface area contributed by atoms with Crippen LogP contribution in [0.3, 0.4) is 0 Å². The third-order valence-electron chi connectivity index (χ3n) is 2.16. The van der Waals surface area contributed by atoms with Crippen molar-refractivity contribution >= 4 is 14.2 Å². The predicted molar refractivity (Wildman–Crippen MR) is 47.4 cm³/mol. The molecule has 0 bridgehead atoms. The van der Waals surface area contributed by atoms with E-state index in [2.05, 4.69) is 8.86 Å². The van der Waals surface area contributed by atoms with E-state index >= 15 is 0 Å². The molecule has 0 aliphatic heterocycles. The van der Waals surface area contributed by atoms with Crippen LogP contribution in [-0.2, 0) is 6.42 Å². The maximum absolute atomic E-state index is 13.1. The van der Waals surface area contributed by atoms with Crippen molar-refractivity contribution in [1.82, 2.24) is 0 Å². The third kappa shape index (κ3) is 1.25. The first-order chi connectivity index (χ1) is 6.42. The van der Waals surface area contributed by atoms with Gasteiger partial charge in [0.1, 0.15) is 11.6 Å². The first-order valence-corrected chi connectivity index (χ1v) is 4.37. The van der Waals surface area contributed by atoms with Gasteiger partial charge in [-0.15, -0.1) is 8.86 Å². The summed E-state index contributed by atoms with van der Waals surface area (Å²) in [4.78, 5) is 0. The van der Waals surface area contributed by atoms with Gasteiger partial charge < -0.3 is 0 Å². The molecule has 14 heavy (non-hydrogen) atoms. The van der Waals surface area contributed by atoms with Crippen LogP contribution in [0.15, 0.2) is 12.1 Å². The molecule has 0 unspecified atom stereocenters. The lowest BCUT2D eigenvalue weighted by Crippen LogP contribution is -2.22. The first-order valence-electron chi connectivity index (χ1n) is 3.87. The van der Waals surface area contributed by atoms with Crippen LogP contribution < -0.4 is 0 Å². The summed E-state index contributed by atoms with van der Waals surface area (Å²) in [5, 5.41) is -0.509. The van der Waals surface area contributed by atoms with Gasteiger partial charge in [0.15, 0.2) is 0 Å². The SMILES string of the molecule is Fc1cc(F)c2c(c1)CC(F)(F)C2=P. The molecule has 1 aromatic rings. The lowest BCUT2D eigenvalue weighted by Gasteiger charge is -2.07. The molecule has 0 aromatic heterocycles. The van der Waals surface area contributed by atoms with Gasteiger partial charge in [0, 0.05) is 18.1 Å². The van der Waals surface area contributed by atoms with Crippen LogP contribution in [0.25, 0.3) is 0 Å². The average molecular weight is 220 g/mol. The minimum Gasteiger partial charge on any atom is -0.207 e. The Kier molecular flexibility index (Phi) is 1.93. The van der Waals surface area contributed by atoms with E-state index in [1.165, 1.54) is 0 Å². The van der Waals surface area contributed by atoms with Crippen molar-refractivity contribution in [3.8, 4) is 0 Å². The topological polar surface area (TPSA) is 0 Å². The highest BCUT2D eigenvalue weighted by atomic mass is 31.0. The van der Waals surface area contributed by atoms with Crippen LogP contribution in [0, 0.1) is 11.6 Å². The van der Waals surface area contributed by atoms with Crippen LogP contribution in [0.5, 0.6) is 0 Å². The molecule has 5 heteroatoms. The second-order valence-electron chi connectivity index (χ2n) is 3.18.